The van der Waals surface area contributed by atoms with E-state index in [4.69, 9.17) is 10.5 Å². The van der Waals surface area contributed by atoms with Crippen molar-refractivity contribution in [3.8, 4) is 0 Å². The number of nitrogens with one attached hydrogen (secondary N) is 1. The second-order valence-electron chi connectivity index (χ2n) is 5.63. The number of anilines is 1. The van der Waals surface area contributed by atoms with Crippen LogP contribution in [0.15, 0.2) is 5.38 Å². The number of ether oxygens (including phenoxy) is 1. The lowest BCUT2D eigenvalue weighted by atomic mass is 9.75. The molecule has 1 saturated carbocycles. The molecular weight excluding hydrogens is 250 g/mol. The van der Waals surface area contributed by atoms with E-state index < -0.39 is 11.7 Å². The number of thiazole rings is 1. The molecule has 1 aromatic heterocycles. The van der Waals surface area contributed by atoms with Gasteiger partial charge in [-0.2, -0.15) is 0 Å². The Labute approximate surface area is 111 Å². The van der Waals surface area contributed by atoms with Gasteiger partial charge in [-0.3, -0.25) is 0 Å². The number of carbonyl (C=O) groups excluding carboxylic acids is 1. The zero-order valence-corrected chi connectivity index (χ0v) is 11.8. The summed E-state index contributed by atoms with van der Waals surface area (Å²) in [5.41, 5.74) is 5.63. The normalized spacial score (nSPS) is 17.9. The van der Waals surface area contributed by atoms with Gasteiger partial charge in [-0.1, -0.05) is 0 Å². The fourth-order valence-electron chi connectivity index (χ4n) is 1.98. The zero-order valence-electron chi connectivity index (χ0n) is 10.9. The summed E-state index contributed by atoms with van der Waals surface area (Å²) in [5, 5.41) is 5.38. The van der Waals surface area contributed by atoms with Crippen molar-refractivity contribution in [2.75, 3.05) is 5.73 Å². The average Bonchev–Trinajstić information content (AvgIpc) is 2.55. The van der Waals surface area contributed by atoms with Crippen molar-refractivity contribution in [3.63, 3.8) is 0 Å². The van der Waals surface area contributed by atoms with E-state index in [9.17, 15) is 4.79 Å². The average molecular weight is 269 g/mol. The smallest absolute Gasteiger partial charge is 0.408 e. The number of nitrogens with two attached hydrogens (primary N) is 1. The van der Waals surface area contributed by atoms with Crippen LogP contribution >= 0.6 is 11.3 Å². The van der Waals surface area contributed by atoms with Crippen molar-refractivity contribution in [2.24, 2.45) is 0 Å². The maximum atomic E-state index is 11.9. The van der Waals surface area contributed by atoms with Crippen molar-refractivity contribution in [3.05, 3.63) is 11.1 Å². The minimum absolute atomic E-state index is 0.379. The van der Waals surface area contributed by atoms with Gasteiger partial charge in [0.1, 0.15) is 5.60 Å². The van der Waals surface area contributed by atoms with Crippen molar-refractivity contribution in [2.45, 2.75) is 51.2 Å². The van der Waals surface area contributed by atoms with Crippen LogP contribution in [-0.2, 0) is 10.3 Å². The molecule has 1 amide bonds. The van der Waals surface area contributed by atoms with Crippen molar-refractivity contribution >= 4 is 22.6 Å². The molecule has 1 heterocycles. The molecule has 5 nitrogen and oxygen atoms in total. The third kappa shape index (κ3) is 2.75. The van der Waals surface area contributed by atoms with Crippen LogP contribution in [0.4, 0.5) is 9.93 Å². The number of nitrogen functional groups attached to an aromatic ring is 1. The molecular formula is C12H19N3O2S. The molecule has 0 bridgehead atoms. The van der Waals surface area contributed by atoms with E-state index in [0.717, 1.165) is 25.0 Å². The lowest BCUT2D eigenvalue weighted by Gasteiger charge is -2.41. The highest BCUT2D eigenvalue weighted by atomic mass is 32.1. The van der Waals surface area contributed by atoms with Crippen LogP contribution in [0, 0.1) is 0 Å². The highest BCUT2D eigenvalue weighted by molar-refractivity contribution is 7.13. The number of alkyl carbamates (subject to hydrolysis) is 1. The Morgan fingerprint density at radius 2 is 2.22 bits per heavy atom. The lowest BCUT2D eigenvalue weighted by molar-refractivity contribution is 0.0372. The molecule has 18 heavy (non-hydrogen) atoms. The minimum atomic E-state index is -0.490. The lowest BCUT2D eigenvalue weighted by Crippen LogP contribution is -2.52. The predicted molar refractivity (Wildman–Crippen MR) is 71.4 cm³/mol. The first-order chi connectivity index (χ1) is 8.31. The molecule has 0 saturated heterocycles. The van der Waals surface area contributed by atoms with E-state index in [2.05, 4.69) is 10.3 Å². The van der Waals surface area contributed by atoms with Crippen molar-refractivity contribution in [1.29, 1.82) is 0 Å². The Morgan fingerprint density at radius 3 is 2.61 bits per heavy atom. The monoisotopic (exact) mass is 269 g/mol. The highest BCUT2D eigenvalue weighted by Gasteiger charge is 2.43. The first-order valence-electron chi connectivity index (χ1n) is 6.03. The third-order valence-corrected chi connectivity index (χ3v) is 3.63. The Bertz CT molecular complexity index is 446. The van der Waals surface area contributed by atoms with E-state index in [-0.39, 0.29) is 5.54 Å². The van der Waals surface area contributed by atoms with Crippen LogP contribution in [0.5, 0.6) is 0 Å². The summed E-state index contributed by atoms with van der Waals surface area (Å²) in [4.78, 5) is 16.1. The predicted octanol–water partition coefficient (Wildman–Crippen LogP) is 2.63. The molecule has 0 atom stereocenters. The van der Waals surface area contributed by atoms with Gasteiger partial charge < -0.3 is 15.8 Å². The van der Waals surface area contributed by atoms with Crippen LogP contribution in [0.2, 0.25) is 0 Å². The molecule has 0 spiro atoms. The summed E-state index contributed by atoms with van der Waals surface area (Å²) in [5.74, 6) is 0. The molecule has 1 fully saturated rings. The van der Waals surface area contributed by atoms with Gasteiger partial charge in [0.05, 0.1) is 11.2 Å². The number of nitrogens with zero attached hydrogens (tertiary/aromatic N) is 1. The molecule has 0 aliphatic heterocycles. The summed E-state index contributed by atoms with van der Waals surface area (Å²) in [6.45, 7) is 5.54. The summed E-state index contributed by atoms with van der Waals surface area (Å²) < 4.78 is 5.29. The van der Waals surface area contributed by atoms with Crippen LogP contribution in [-0.4, -0.2) is 16.7 Å². The molecule has 0 aromatic carbocycles. The van der Waals surface area contributed by atoms with E-state index in [1.807, 2.05) is 26.2 Å². The van der Waals surface area contributed by atoms with E-state index in [0.29, 0.717) is 5.13 Å². The number of amides is 1. The Hall–Kier alpha value is -1.30. The standard InChI is InChI=1S/C12H19N3O2S/c1-11(2,3)17-10(16)15-12(5-4-6-12)8-7-18-9(13)14-8/h7H,4-6H2,1-3H3,(H2,13,14)(H,15,16). The van der Waals surface area contributed by atoms with Crippen molar-refractivity contribution in [1.82, 2.24) is 10.3 Å². The zero-order chi connectivity index (χ0) is 13.4. The van der Waals surface area contributed by atoms with E-state index in [1.54, 1.807) is 0 Å². The SMILES string of the molecule is CC(C)(C)OC(=O)NC1(c2csc(N)n2)CCC1. The van der Waals surface area contributed by atoms with Gasteiger partial charge in [-0.05, 0) is 40.0 Å². The minimum Gasteiger partial charge on any atom is -0.444 e. The van der Waals surface area contributed by atoms with E-state index in [1.165, 1.54) is 11.3 Å². The summed E-state index contributed by atoms with van der Waals surface area (Å²) in [6.07, 6.45) is 2.45. The Balaban J connectivity index is 2.08. The topological polar surface area (TPSA) is 77.2 Å². The summed E-state index contributed by atoms with van der Waals surface area (Å²) in [6, 6.07) is 0. The summed E-state index contributed by atoms with van der Waals surface area (Å²) >= 11 is 1.40. The molecule has 0 unspecified atom stereocenters. The molecule has 2 rings (SSSR count). The molecule has 1 aromatic rings. The van der Waals surface area contributed by atoms with Gasteiger partial charge in [0.25, 0.3) is 0 Å². The van der Waals surface area contributed by atoms with Gasteiger partial charge in [0, 0.05) is 5.38 Å². The van der Waals surface area contributed by atoms with Gasteiger partial charge in [-0.15, -0.1) is 11.3 Å². The third-order valence-electron chi connectivity index (χ3n) is 2.96. The van der Waals surface area contributed by atoms with Gasteiger partial charge >= 0.3 is 6.09 Å². The molecule has 100 valence electrons. The number of hydrogen-bond acceptors (Lipinski definition) is 5. The molecule has 1 aliphatic carbocycles. The quantitative estimate of drug-likeness (QED) is 0.865. The Morgan fingerprint density at radius 1 is 1.56 bits per heavy atom. The van der Waals surface area contributed by atoms with Crippen LogP contribution in [0.3, 0.4) is 0 Å². The maximum Gasteiger partial charge on any atom is 0.408 e. The Kier molecular flexibility index (Phi) is 3.23. The second kappa shape index (κ2) is 4.42. The maximum absolute atomic E-state index is 11.9. The number of aromatic nitrogens is 1. The van der Waals surface area contributed by atoms with Gasteiger partial charge in [0.15, 0.2) is 5.13 Å². The summed E-state index contributed by atoms with van der Waals surface area (Å²) in [7, 11) is 0. The van der Waals surface area contributed by atoms with Crippen molar-refractivity contribution < 1.29 is 9.53 Å². The number of hydrogen-bond donors (Lipinski definition) is 2. The fourth-order valence-corrected chi connectivity index (χ4v) is 2.64. The van der Waals surface area contributed by atoms with E-state index >= 15 is 0 Å². The largest absolute Gasteiger partial charge is 0.444 e. The highest BCUT2D eigenvalue weighted by Crippen LogP contribution is 2.41. The first kappa shape index (κ1) is 13.1. The van der Waals surface area contributed by atoms with Crippen LogP contribution < -0.4 is 11.1 Å². The molecule has 0 radical (unpaired) electrons. The van der Waals surface area contributed by atoms with Crippen LogP contribution in [0.25, 0.3) is 0 Å². The van der Waals surface area contributed by atoms with Gasteiger partial charge in [-0.25, -0.2) is 9.78 Å². The second-order valence-corrected chi connectivity index (χ2v) is 6.52. The van der Waals surface area contributed by atoms with Crippen LogP contribution in [0.1, 0.15) is 45.7 Å². The molecule has 3 N–H and O–H groups in total. The number of rotatable bonds is 2. The molecule has 6 heteroatoms. The fraction of sp³-hybridized carbons (Fsp3) is 0.667. The number of carbonyl (C=O) groups is 1. The first-order valence-corrected chi connectivity index (χ1v) is 6.91. The van der Waals surface area contributed by atoms with Gasteiger partial charge in [0.2, 0.25) is 0 Å². The molecule has 1 aliphatic rings.